The first-order chi connectivity index (χ1) is 12.5. The number of pyridine rings is 1. The lowest BCUT2D eigenvalue weighted by Gasteiger charge is -2.24. The van der Waals surface area contributed by atoms with Gasteiger partial charge in [0, 0.05) is 18.7 Å². The van der Waals surface area contributed by atoms with Gasteiger partial charge >= 0.3 is 0 Å². The number of amides is 1. The molecule has 3 rings (SSSR count). The van der Waals surface area contributed by atoms with Crippen molar-refractivity contribution in [2.75, 3.05) is 30.3 Å². The highest BCUT2D eigenvalue weighted by molar-refractivity contribution is 6.12. The van der Waals surface area contributed by atoms with Gasteiger partial charge in [-0.05, 0) is 56.3 Å². The maximum absolute atomic E-state index is 13.1. The summed E-state index contributed by atoms with van der Waals surface area (Å²) in [5, 5.41) is 11.6. The van der Waals surface area contributed by atoms with Crippen molar-refractivity contribution in [3.05, 3.63) is 53.5 Å². The summed E-state index contributed by atoms with van der Waals surface area (Å²) < 4.78 is 13.1. The van der Waals surface area contributed by atoms with E-state index in [1.165, 1.54) is 24.3 Å². The molecule has 1 saturated heterocycles. The largest absolute Gasteiger partial charge is 0.397 e. The molecule has 1 aromatic carbocycles. The molecule has 1 atom stereocenters. The van der Waals surface area contributed by atoms with E-state index < -0.39 is 0 Å². The number of hydrogen-bond acceptors (Lipinski definition) is 5. The van der Waals surface area contributed by atoms with Crippen LogP contribution in [0.4, 0.5) is 15.9 Å². The average molecular weight is 355 g/mol. The van der Waals surface area contributed by atoms with Gasteiger partial charge in [0.1, 0.15) is 17.3 Å². The Kier molecular flexibility index (Phi) is 5.27. The number of hydrogen-bond donors (Lipinski definition) is 3. The highest BCUT2D eigenvalue weighted by Gasteiger charge is 2.28. The van der Waals surface area contributed by atoms with Gasteiger partial charge in [0.2, 0.25) is 5.91 Å². The summed E-state index contributed by atoms with van der Waals surface area (Å²) >= 11 is 0. The number of benzene rings is 1. The maximum Gasteiger partial charge on any atom is 0.232 e. The first-order valence-electron chi connectivity index (χ1n) is 8.64. The first-order valence-corrected chi connectivity index (χ1v) is 8.64. The lowest BCUT2D eigenvalue weighted by atomic mass is 10.1. The number of halogens is 1. The number of nitrogens with one attached hydrogen (secondary N) is 2. The Balaban J connectivity index is 1.91. The van der Waals surface area contributed by atoms with E-state index in [1.807, 2.05) is 6.92 Å². The van der Waals surface area contributed by atoms with Crippen LogP contribution in [0, 0.1) is 17.1 Å². The van der Waals surface area contributed by atoms with E-state index in [0.29, 0.717) is 30.2 Å². The predicted octanol–water partition coefficient (Wildman–Crippen LogP) is 2.18. The normalized spacial score (nSPS) is 16.5. The van der Waals surface area contributed by atoms with Gasteiger partial charge in [-0.3, -0.25) is 15.1 Å². The first kappa shape index (κ1) is 18.0. The molecule has 2 heterocycles. The maximum atomic E-state index is 13.1. The van der Waals surface area contributed by atoms with Crippen LogP contribution in [0.5, 0.6) is 0 Å². The van der Waals surface area contributed by atoms with E-state index >= 15 is 0 Å². The molecular formula is C19H22FN5O. The summed E-state index contributed by atoms with van der Waals surface area (Å²) in [6.07, 6.45) is 0.808. The molecule has 1 fully saturated rings. The van der Waals surface area contributed by atoms with Crippen molar-refractivity contribution in [3.8, 4) is 0 Å². The minimum atomic E-state index is -0.371. The minimum absolute atomic E-state index is 0.0223. The molecule has 0 bridgehead atoms. The second kappa shape index (κ2) is 7.61. The number of nitrogen functional groups attached to an aromatic ring is 1. The Morgan fingerprint density at radius 2 is 2.08 bits per heavy atom. The fourth-order valence-electron chi connectivity index (χ4n) is 3.08. The van der Waals surface area contributed by atoms with E-state index in [4.69, 9.17) is 11.1 Å². The van der Waals surface area contributed by atoms with Crippen LogP contribution >= 0.6 is 0 Å². The summed E-state index contributed by atoms with van der Waals surface area (Å²) in [7, 11) is 0. The van der Waals surface area contributed by atoms with Crippen molar-refractivity contribution in [2.24, 2.45) is 5.92 Å². The minimum Gasteiger partial charge on any atom is -0.397 e. The van der Waals surface area contributed by atoms with Gasteiger partial charge in [-0.2, -0.15) is 0 Å². The quantitative estimate of drug-likeness (QED) is 0.717. The summed E-state index contributed by atoms with van der Waals surface area (Å²) in [5.74, 6) is 0.0629. The molecule has 4 N–H and O–H groups in total. The van der Waals surface area contributed by atoms with Gasteiger partial charge in [-0.1, -0.05) is 0 Å². The number of nitrogens with zero attached hydrogens (tertiary/aromatic N) is 2. The molecule has 1 aliphatic heterocycles. The monoisotopic (exact) mass is 355 g/mol. The van der Waals surface area contributed by atoms with Crippen LogP contribution < -0.4 is 16.0 Å². The summed E-state index contributed by atoms with van der Waals surface area (Å²) in [6, 6.07) is 8.95. The van der Waals surface area contributed by atoms with Crippen LogP contribution in [0.2, 0.25) is 0 Å². The standard InChI is InChI=1S/C19H22FN5O/c1-2-25(19(26)13-9-10-23-11-13)16-8-7-15(21)18(24-16)17(22)12-3-5-14(20)6-4-12/h3-8,13,22-23H,2,9-11,21H2,1H3. The van der Waals surface area contributed by atoms with Crippen LogP contribution in [0.15, 0.2) is 36.4 Å². The van der Waals surface area contributed by atoms with Crippen LogP contribution in [-0.2, 0) is 4.79 Å². The highest BCUT2D eigenvalue weighted by atomic mass is 19.1. The summed E-state index contributed by atoms with van der Waals surface area (Å²) in [5.41, 5.74) is 7.23. The van der Waals surface area contributed by atoms with Gasteiger partial charge < -0.3 is 11.1 Å². The Morgan fingerprint density at radius 3 is 2.69 bits per heavy atom. The SMILES string of the molecule is CCN(C(=O)C1CCNC1)c1ccc(N)c(C(=N)c2ccc(F)cc2)n1. The number of anilines is 2. The number of aromatic nitrogens is 1. The summed E-state index contributed by atoms with van der Waals surface area (Å²) in [6.45, 7) is 3.88. The third-order valence-corrected chi connectivity index (χ3v) is 4.55. The zero-order valence-corrected chi connectivity index (χ0v) is 14.6. The van der Waals surface area contributed by atoms with Gasteiger partial charge in [0.15, 0.2) is 0 Å². The zero-order chi connectivity index (χ0) is 18.7. The van der Waals surface area contributed by atoms with E-state index in [2.05, 4.69) is 10.3 Å². The smallest absolute Gasteiger partial charge is 0.232 e. The Labute approximate surface area is 151 Å². The van der Waals surface area contributed by atoms with Gasteiger partial charge in [-0.15, -0.1) is 0 Å². The molecule has 0 aliphatic carbocycles. The molecule has 0 spiro atoms. The summed E-state index contributed by atoms with van der Waals surface area (Å²) in [4.78, 5) is 18.9. The molecule has 136 valence electrons. The molecule has 6 nitrogen and oxygen atoms in total. The van der Waals surface area contributed by atoms with Crippen LogP contribution in [0.25, 0.3) is 0 Å². The number of carbonyl (C=O) groups is 1. The Bertz CT molecular complexity index is 815. The number of nitrogens with two attached hydrogens (primary N) is 1. The van der Waals surface area contributed by atoms with E-state index in [0.717, 1.165) is 13.0 Å². The average Bonchev–Trinajstić information content (AvgIpc) is 3.18. The van der Waals surface area contributed by atoms with Gasteiger partial charge in [-0.25, -0.2) is 9.37 Å². The number of rotatable bonds is 5. The molecule has 2 aromatic rings. The molecule has 1 unspecified atom stereocenters. The second-order valence-electron chi connectivity index (χ2n) is 6.26. The topological polar surface area (TPSA) is 95.1 Å². The third kappa shape index (κ3) is 3.57. The zero-order valence-electron chi connectivity index (χ0n) is 14.6. The van der Waals surface area contributed by atoms with Crippen molar-refractivity contribution < 1.29 is 9.18 Å². The molecule has 1 amide bonds. The van der Waals surface area contributed by atoms with Crippen LogP contribution in [0.1, 0.15) is 24.6 Å². The van der Waals surface area contributed by atoms with Crippen molar-refractivity contribution in [1.82, 2.24) is 10.3 Å². The van der Waals surface area contributed by atoms with Gasteiger partial charge in [0.25, 0.3) is 0 Å². The molecule has 1 aromatic heterocycles. The number of carbonyl (C=O) groups excluding carboxylic acids is 1. The second-order valence-corrected chi connectivity index (χ2v) is 6.26. The van der Waals surface area contributed by atoms with Crippen LogP contribution in [-0.4, -0.2) is 36.2 Å². The van der Waals surface area contributed by atoms with E-state index in [9.17, 15) is 9.18 Å². The molecule has 0 radical (unpaired) electrons. The van der Waals surface area contributed by atoms with E-state index in [1.54, 1.807) is 17.0 Å². The van der Waals surface area contributed by atoms with Crippen molar-refractivity contribution >= 4 is 23.1 Å². The van der Waals surface area contributed by atoms with Gasteiger partial charge in [0.05, 0.1) is 17.3 Å². The lowest BCUT2D eigenvalue weighted by molar-refractivity contribution is -0.121. The molecule has 7 heteroatoms. The van der Waals surface area contributed by atoms with E-state index in [-0.39, 0.29) is 29.0 Å². The molecule has 0 saturated carbocycles. The Morgan fingerprint density at radius 1 is 1.35 bits per heavy atom. The van der Waals surface area contributed by atoms with Crippen LogP contribution in [0.3, 0.4) is 0 Å². The van der Waals surface area contributed by atoms with Crippen molar-refractivity contribution in [1.29, 1.82) is 5.41 Å². The van der Waals surface area contributed by atoms with Crippen molar-refractivity contribution in [3.63, 3.8) is 0 Å². The molecule has 26 heavy (non-hydrogen) atoms. The Hall–Kier alpha value is -2.80. The fraction of sp³-hybridized carbons (Fsp3) is 0.316. The highest BCUT2D eigenvalue weighted by Crippen LogP contribution is 2.22. The predicted molar refractivity (Wildman–Crippen MR) is 100.0 cm³/mol. The molecular weight excluding hydrogens is 333 g/mol. The lowest BCUT2D eigenvalue weighted by Crippen LogP contribution is -2.37. The van der Waals surface area contributed by atoms with Crippen molar-refractivity contribution in [2.45, 2.75) is 13.3 Å². The third-order valence-electron chi connectivity index (χ3n) is 4.55. The fourth-order valence-corrected chi connectivity index (χ4v) is 3.08. The molecule has 1 aliphatic rings.